The van der Waals surface area contributed by atoms with Gasteiger partial charge in [-0.3, -0.25) is 0 Å². The molecule has 0 atom stereocenters. The molecule has 9 rings (SSSR count). The molecule has 0 fully saturated rings. The molecule has 252 valence electrons. The van der Waals surface area contributed by atoms with Gasteiger partial charge in [0.25, 0.3) is 0 Å². The van der Waals surface area contributed by atoms with Crippen molar-refractivity contribution in [2.45, 2.75) is 0 Å². The molecule has 0 bridgehead atoms. The largest absolute Gasteiger partial charge is 0.457 e. The monoisotopic (exact) mass is 806 g/mol. The zero-order valence-electron chi connectivity index (χ0n) is 36.4. The average Bonchev–Trinajstić information content (AvgIpc) is 3.73. The fourth-order valence-corrected chi connectivity index (χ4v) is 9.66. The third kappa shape index (κ3) is 6.41. The molecule has 0 unspecified atom stereocenters. The third-order valence-electron chi connectivity index (χ3n) is 13.4. The zero-order chi connectivity index (χ0) is 51.0. The summed E-state index contributed by atoms with van der Waals surface area (Å²) in [5.74, 6) is 0. The van der Waals surface area contributed by atoms with Crippen molar-refractivity contribution in [2.75, 3.05) is 0 Å². The van der Waals surface area contributed by atoms with E-state index in [1.165, 1.54) is 0 Å². The Morgan fingerprint density at radius 2 is 0.319 bits per heavy atom. The first-order valence-corrected chi connectivity index (χ1v) is 20.2. The molecule has 0 saturated heterocycles. The smallest absolute Gasteiger partial charge is 0.127 e. The van der Waals surface area contributed by atoms with Crippen LogP contribution >= 0.6 is 0 Å². The van der Waals surface area contributed by atoms with Crippen molar-refractivity contribution < 1.29 is 4.42 Å². The lowest BCUT2D eigenvalue weighted by Gasteiger charge is -2.33. The Morgan fingerprint density at radius 1 is 0.130 bits per heavy atom. The maximum Gasteiger partial charge on any atom is 0.127 e. The normalized spacial score (nSPS) is 11.8. The Labute approximate surface area is 435 Å². The molecule has 0 aliphatic heterocycles. The average molecular weight is 802 g/mol. The highest BCUT2D eigenvalue weighted by Gasteiger charge is 2.31. The van der Waals surface area contributed by atoms with Gasteiger partial charge in [-0.2, -0.15) is 0 Å². The van der Waals surface area contributed by atoms with E-state index in [1.54, 1.807) is 0 Å². The Balaban J connectivity index is 1.54. The zero-order valence-corrected chi connectivity index (χ0v) is 36.4. The van der Waals surface area contributed by atoms with E-state index in [9.17, 15) is 0 Å². The molecule has 0 N–H and O–H groups in total. The van der Waals surface area contributed by atoms with E-state index in [2.05, 4.69) is 0 Å². The summed E-state index contributed by atoms with van der Waals surface area (Å²) >= 11 is 0. The van der Waals surface area contributed by atoms with Crippen LogP contribution in [0.4, 0.5) is 0 Å². The standard InChI is InChI=1S/C42B26O/c43-15-11(28(56)39(67)41-13(15)14-29(57)37(65)38(66)40(68)42(14)69-41)12-24(52)22(50)9(23(51)25(12)53)2-6-3(17(45)31(59)33(61)19(6)47)1(4-7(2)20(48)34(62)32(60)18(4)46)5-8-10(26(54)30(58)16(5)44)27(55)36(64)35(63)21(8)49. The van der Waals surface area contributed by atoms with Gasteiger partial charge in [0.2, 0.25) is 0 Å². The van der Waals surface area contributed by atoms with Crippen LogP contribution in [0.25, 0.3) is 87.6 Å². The van der Waals surface area contributed by atoms with Crippen molar-refractivity contribution in [3.05, 3.63) is 0 Å². The minimum Gasteiger partial charge on any atom is -0.457 e. The molecule has 0 amide bonds. The van der Waals surface area contributed by atoms with Gasteiger partial charge < -0.3 is 4.42 Å². The molecular formula is C42B26O. The van der Waals surface area contributed by atoms with Crippen molar-refractivity contribution in [1.29, 1.82) is 0 Å². The quantitative estimate of drug-likeness (QED) is 0.128. The lowest BCUT2D eigenvalue weighted by molar-refractivity contribution is 0.675. The first kappa shape index (κ1) is 50.0. The minimum absolute atomic E-state index is 0.00149. The highest BCUT2D eigenvalue weighted by Crippen LogP contribution is 2.40. The van der Waals surface area contributed by atoms with Crippen LogP contribution in [0.2, 0.25) is 0 Å². The van der Waals surface area contributed by atoms with Gasteiger partial charge in [0.15, 0.2) is 0 Å². The van der Waals surface area contributed by atoms with Gasteiger partial charge in [0, 0.05) is 10.8 Å². The number of fused-ring (bicyclic) bond motifs is 6. The SMILES string of the molecule is [B]c1c([B])c(-c2c3c([B])c([B])c([B])c([B])c3c(-c3c([B])c([B])c([B])c4c([B])c([B])c([B])c([B])c34)c3c([B])c([B])c([B])c([B])c23)c([B])c([B])c1-c1c([B])c([B])c2oc3c([B])c([B])c([B])c([B])c3c2c1[B]. The molecule has 0 aliphatic rings. The molecule has 27 heteroatoms. The van der Waals surface area contributed by atoms with E-state index < -0.39 is 0 Å². The fraction of sp³-hybridized carbons (Fsp3) is 0. The van der Waals surface area contributed by atoms with Crippen molar-refractivity contribution in [2.24, 2.45) is 0 Å². The van der Waals surface area contributed by atoms with Crippen LogP contribution in [-0.4, -0.2) is 204 Å². The van der Waals surface area contributed by atoms with Gasteiger partial charge in [-0.05, 0) is 65.7 Å². The Bertz CT molecular complexity index is 3850. The van der Waals surface area contributed by atoms with E-state index in [0.717, 1.165) is 0 Å². The fourth-order valence-electron chi connectivity index (χ4n) is 9.66. The van der Waals surface area contributed by atoms with Crippen LogP contribution in [0.5, 0.6) is 0 Å². The van der Waals surface area contributed by atoms with E-state index in [0.29, 0.717) is 0 Å². The van der Waals surface area contributed by atoms with Gasteiger partial charge in [-0.1, -0.05) is 92.9 Å². The minimum atomic E-state index is -0.258. The Morgan fingerprint density at radius 3 is 0.681 bits per heavy atom. The van der Waals surface area contributed by atoms with Crippen LogP contribution in [0.15, 0.2) is 4.42 Å². The summed E-state index contributed by atoms with van der Waals surface area (Å²) < 4.78 is 6.07. The van der Waals surface area contributed by atoms with Gasteiger partial charge in [0.05, 0.1) is 0 Å². The Hall–Kier alpha value is -3.97. The van der Waals surface area contributed by atoms with E-state index >= 15 is 0 Å². The summed E-state index contributed by atoms with van der Waals surface area (Å²) in [6.45, 7) is 0. The Kier molecular flexibility index (Phi) is 12.2. The van der Waals surface area contributed by atoms with E-state index in [1.807, 2.05) is 0 Å². The maximum atomic E-state index is 7.15. The van der Waals surface area contributed by atoms with Gasteiger partial charge in [0.1, 0.15) is 215 Å². The molecule has 1 aromatic heterocycles. The summed E-state index contributed by atoms with van der Waals surface area (Å²) in [6, 6.07) is 0. The second kappa shape index (κ2) is 16.8. The first-order chi connectivity index (χ1) is 32.2. The van der Waals surface area contributed by atoms with Gasteiger partial charge >= 0.3 is 0 Å². The predicted molar refractivity (Wildman–Crippen MR) is 323 cm³/mol. The van der Waals surface area contributed by atoms with Crippen LogP contribution in [0.1, 0.15) is 0 Å². The molecule has 8 aromatic carbocycles. The van der Waals surface area contributed by atoms with Crippen LogP contribution in [0, 0.1) is 0 Å². The van der Waals surface area contributed by atoms with Crippen molar-refractivity contribution in [3.8, 4) is 33.4 Å². The van der Waals surface area contributed by atoms with Crippen LogP contribution in [-0.2, 0) is 0 Å². The predicted octanol–water partition coefficient (Wildman–Crippen LogP) is -19.3. The second-order valence-electron chi connectivity index (χ2n) is 16.8. The van der Waals surface area contributed by atoms with E-state index in [-0.39, 0.29) is 230 Å². The highest BCUT2D eigenvalue weighted by atomic mass is 16.3. The summed E-state index contributed by atoms with van der Waals surface area (Å²) in [4.78, 5) is 0. The van der Waals surface area contributed by atoms with Crippen LogP contribution < -0.4 is 142 Å². The molecule has 0 saturated carbocycles. The number of rotatable bonds is 3. The molecular weight excluding hydrogens is 802 g/mol. The van der Waals surface area contributed by atoms with Crippen LogP contribution in [0.3, 0.4) is 0 Å². The van der Waals surface area contributed by atoms with Crippen molar-refractivity contribution in [1.82, 2.24) is 0 Å². The van der Waals surface area contributed by atoms with Crippen molar-refractivity contribution in [3.63, 3.8) is 0 Å². The molecule has 0 spiro atoms. The third-order valence-corrected chi connectivity index (χ3v) is 13.4. The summed E-state index contributed by atoms with van der Waals surface area (Å²) in [5.41, 5.74) is -3.99. The number of benzene rings is 8. The number of hydrogen-bond donors (Lipinski definition) is 0. The molecule has 0 aliphatic carbocycles. The first-order valence-electron chi connectivity index (χ1n) is 20.2. The molecule has 52 radical (unpaired) electrons. The summed E-state index contributed by atoms with van der Waals surface area (Å²) in [5, 5.41) is 0.415. The van der Waals surface area contributed by atoms with Crippen molar-refractivity contribution >= 4 is 400 Å². The molecule has 9 aromatic rings. The maximum absolute atomic E-state index is 7.15. The molecule has 1 heterocycles. The molecule has 1 nitrogen and oxygen atoms in total. The second-order valence-corrected chi connectivity index (χ2v) is 16.8. The summed E-state index contributed by atoms with van der Waals surface area (Å²) in [7, 11) is 175. The number of hydrogen-bond acceptors (Lipinski definition) is 1. The van der Waals surface area contributed by atoms with Gasteiger partial charge in [-0.15, -0.1) is 49.2 Å². The van der Waals surface area contributed by atoms with Gasteiger partial charge in [-0.25, -0.2) is 0 Å². The molecule has 69 heavy (non-hydrogen) atoms. The topological polar surface area (TPSA) is 13.1 Å². The lowest BCUT2D eigenvalue weighted by Crippen LogP contribution is -2.53. The lowest BCUT2D eigenvalue weighted by atomic mass is 9.55. The number of furan rings is 1. The highest BCUT2D eigenvalue weighted by molar-refractivity contribution is 6.77. The summed E-state index contributed by atoms with van der Waals surface area (Å²) in [6.07, 6.45) is 0. The van der Waals surface area contributed by atoms with E-state index in [4.69, 9.17) is 208 Å².